The van der Waals surface area contributed by atoms with Crippen LogP contribution in [-0.2, 0) is 0 Å². The molecule has 110 valence electrons. The zero-order valence-corrected chi connectivity index (χ0v) is 13.1. The van der Waals surface area contributed by atoms with Gasteiger partial charge in [0.1, 0.15) is 0 Å². The zero-order valence-electron chi connectivity index (χ0n) is 13.1. The fraction of sp³-hybridized carbons (Fsp3) is 0.611. The van der Waals surface area contributed by atoms with Crippen LogP contribution >= 0.6 is 0 Å². The Bertz CT molecular complexity index is 446. The van der Waals surface area contributed by atoms with E-state index in [1.165, 1.54) is 25.7 Å². The third-order valence-electron chi connectivity index (χ3n) is 4.13. The Morgan fingerprint density at radius 3 is 2.60 bits per heavy atom. The predicted molar refractivity (Wildman–Crippen MR) is 84.2 cm³/mol. The van der Waals surface area contributed by atoms with Gasteiger partial charge in [0.15, 0.2) is 5.78 Å². The molecule has 0 unspecified atom stereocenters. The number of rotatable bonds is 6. The van der Waals surface area contributed by atoms with E-state index < -0.39 is 0 Å². The van der Waals surface area contributed by atoms with Crippen molar-refractivity contribution in [2.75, 3.05) is 13.1 Å². The quantitative estimate of drug-likeness (QED) is 0.728. The van der Waals surface area contributed by atoms with E-state index in [4.69, 9.17) is 0 Å². The van der Waals surface area contributed by atoms with Gasteiger partial charge in [-0.25, -0.2) is 0 Å². The number of Topliss-reactive ketones (excluding diaryl/α,β-unsaturated/α-hetero) is 1. The summed E-state index contributed by atoms with van der Waals surface area (Å²) in [5.41, 5.74) is 2.02. The van der Waals surface area contributed by atoms with Gasteiger partial charge in [0.05, 0.1) is 6.54 Å². The van der Waals surface area contributed by atoms with Crippen molar-refractivity contribution in [2.45, 2.75) is 52.5 Å². The maximum absolute atomic E-state index is 12.5. The molecule has 1 saturated carbocycles. The molecule has 0 amide bonds. The average Bonchev–Trinajstić information content (AvgIpc) is 2.91. The molecule has 1 aliphatic carbocycles. The summed E-state index contributed by atoms with van der Waals surface area (Å²) in [6.45, 7) is 8.12. The first kappa shape index (κ1) is 15.2. The van der Waals surface area contributed by atoms with Crippen LogP contribution in [0.15, 0.2) is 24.3 Å². The lowest BCUT2D eigenvalue weighted by Crippen LogP contribution is -2.40. The van der Waals surface area contributed by atoms with Gasteiger partial charge in [-0.1, -0.05) is 50.5 Å². The van der Waals surface area contributed by atoms with Gasteiger partial charge in [-0.3, -0.25) is 9.69 Å². The van der Waals surface area contributed by atoms with Crippen molar-refractivity contribution in [2.24, 2.45) is 5.92 Å². The second kappa shape index (κ2) is 7.03. The molecule has 0 aliphatic heterocycles. The molecule has 1 aromatic rings. The van der Waals surface area contributed by atoms with Gasteiger partial charge in [0.25, 0.3) is 0 Å². The van der Waals surface area contributed by atoms with E-state index in [0.29, 0.717) is 18.5 Å². The summed E-state index contributed by atoms with van der Waals surface area (Å²) in [4.78, 5) is 14.9. The normalized spacial score (nSPS) is 16.2. The number of carbonyl (C=O) groups is 1. The highest BCUT2D eigenvalue weighted by Gasteiger charge is 2.25. The summed E-state index contributed by atoms with van der Waals surface area (Å²) < 4.78 is 0. The molecule has 0 saturated heterocycles. The number of aryl methyl sites for hydroxylation is 1. The van der Waals surface area contributed by atoms with Crippen LogP contribution in [0.5, 0.6) is 0 Å². The molecule has 0 heterocycles. The molecule has 0 aromatic heterocycles. The summed E-state index contributed by atoms with van der Waals surface area (Å²) >= 11 is 0. The second-order valence-electron chi connectivity index (χ2n) is 6.55. The minimum Gasteiger partial charge on any atom is -0.293 e. The van der Waals surface area contributed by atoms with Crippen LogP contribution in [0.1, 0.15) is 55.5 Å². The van der Waals surface area contributed by atoms with E-state index in [9.17, 15) is 4.79 Å². The van der Waals surface area contributed by atoms with E-state index >= 15 is 0 Å². The highest BCUT2D eigenvalue weighted by Crippen LogP contribution is 2.24. The molecule has 1 aromatic carbocycles. The van der Waals surface area contributed by atoms with E-state index in [-0.39, 0.29) is 5.78 Å². The van der Waals surface area contributed by atoms with Crippen LogP contribution in [0, 0.1) is 12.8 Å². The van der Waals surface area contributed by atoms with E-state index in [1.54, 1.807) is 0 Å². The number of benzene rings is 1. The van der Waals surface area contributed by atoms with Crippen LogP contribution < -0.4 is 0 Å². The van der Waals surface area contributed by atoms with Crippen molar-refractivity contribution in [3.8, 4) is 0 Å². The first-order valence-electron chi connectivity index (χ1n) is 7.90. The van der Waals surface area contributed by atoms with E-state index in [1.807, 2.05) is 31.2 Å². The second-order valence-corrected chi connectivity index (χ2v) is 6.55. The van der Waals surface area contributed by atoms with Crippen molar-refractivity contribution in [1.29, 1.82) is 0 Å². The Morgan fingerprint density at radius 1 is 1.30 bits per heavy atom. The number of ketones is 1. The zero-order chi connectivity index (χ0) is 14.5. The fourth-order valence-electron chi connectivity index (χ4n) is 3.18. The van der Waals surface area contributed by atoms with Crippen molar-refractivity contribution in [3.05, 3.63) is 35.4 Å². The molecule has 0 spiro atoms. The minimum atomic E-state index is 0.265. The van der Waals surface area contributed by atoms with E-state index in [2.05, 4.69) is 18.7 Å². The number of nitrogens with zero attached hydrogens (tertiary/aromatic N) is 1. The standard InChI is InChI=1S/C18H27NO/c1-14(2)12-19(17-9-4-5-10-17)13-18(20)16-8-6-7-15(3)11-16/h6-8,11,14,17H,4-5,9-10,12-13H2,1-3H3. The Kier molecular flexibility index (Phi) is 5.36. The topological polar surface area (TPSA) is 20.3 Å². The molecule has 1 aliphatic rings. The molecule has 0 bridgehead atoms. The van der Waals surface area contributed by atoms with Crippen molar-refractivity contribution in [1.82, 2.24) is 4.90 Å². The molecule has 2 heteroatoms. The maximum Gasteiger partial charge on any atom is 0.176 e. The number of hydrogen-bond acceptors (Lipinski definition) is 2. The molecular weight excluding hydrogens is 246 g/mol. The summed E-state index contributed by atoms with van der Waals surface area (Å²) in [6, 6.07) is 8.58. The van der Waals surface area contributed by atoms with Crippen LogP contribution in [0.2, 0.25) is 0 Å². The highest BCUT2D eigenvalue weighted by molar-refractivity contribution is 5.97. The molecule has 20 heavy (non-hydrogen) atoms. The first-order valence-corrected chi connectivity index (χ1v) is 7.90. The number of carbonyl (C=O) groups excluding carboxylic acids is 1. The summed E-state index contributed by atoms with van der Waals surface area (Å²) in [7, 11) is 0. The van der Waals surface area contributed by atoms with Crippen LogP contribution in [0.25, 0.3) is 0 Å². The summed E-state index contributed by atoms with van der Waals surface area (Å²) in [5.74, 6) is 0.877. The number of hydrogen-bond donors (Lipinski definition) is 0. The Hall–Kier alpha value is -1.15. The lowest BCUT2D eigenvalue weighted by molar-refractivity contribution is 0.0876. The Labute approximate surface area is 123 Å². The summed E-state index contributed by atoms with van der Waals surface area (Å²) in [5, 5.41) is 0. The lowest BCUT2D eigenvalue weighted by atomic mass is 10.1. The molecule has 0 atom stereocenters. The van der Waals surface area contributed by atoms with Crippen LogP contribution in [-0.4, -0.2) is 29.8 Å². The maximum atomic E-state index is 12.5. The van der Waals surface area contributed by atoms with Crippen molar-refractivity contribution >= 4 is 5.78 Å². The van der Waals surface area contributed by atoms with Gasteiger partial charge < -0.3 is 0 Å². The highest BCUT2D eigenvalue weighted by atomic mass is 16.1. The monoisotopic (exact) mass is 273 g/mol. The van der Waals surface area contributed by atoms with E-state index in [0.717, 1.165) is 17.7 Å². The average molecular weight is 273 g/mol. The molecule has 1 fully saturated rings. The molecule has 2 nitrogen and oxygen atoms in total. The molecule has 0 radical (unpaired) electrons. The van der Waals surface area contributed by atoms with Gasteiger partial charge in [0.2, 0.25) is 0 Å². The Balaban J connectivity index is 2.04. The van der Waals surface area contributed by atoms with Crippen LogP contribution in [0.3, 0.4) is 0 Å². The van der Waals surface area contributed by atoms with Gasteiger partial charge in [0, 0.05) is 18.2 Å². The first-order chi connectivity index (χ1) is 9.56. The molecule has 0 N–H and O–H groups in total. The third kappa shape index (κ3) is 4.17. The van der Waals surface area contributed by atoms with Gasteiger partial charge in [-0.2, -0.15) is 0 Å². The molecule has 2 rings (SSSR count). The SMILES string of the molecule is Cc1cccc(C(=O)CN(CC(C)C)C2CCCC2)c1. The molecular formula is C18H27NO. The van der Waals surface area contributed by atoms with Crippen molar-refractivity contribution < 1.29 is 4.79 Å². The minimum absolute atomic E-state index is 0.265. The third-order valence-corrected chi connectivity index (χ3v) is 4.13. The fourth-order valence-corrected chi connectivity index (χ4v) is 3.18. The van der Waals surface area contributed by atoms with Gasteiger partial charge in [-0.15, -0.1) is 0 Å². The largest absolute Gasteiger partial charge is 0.293 e. The van der Waals surface area contributed by atoms with Crippen LogP contribution in [0.4, 0.5) is 0 Å². The lowest BCUT2D eigenvalue weighted by Gasteiger charge is -2.29. The summed E-state index contributed by atoms with van der Waals surface area (Å²) in [6.07, 6.45) is 5.15. The van der Waals surface area contributed by atoms with Gasteiger partial charge >= 0.3 is 0 Å². The Morgan fingerprint density at radius 2 is 2.00 bits per heavy atom. The van der Waals surface area contributed by atoms with Crippen molar-refractivity contribution in [3.63, 3.8) is 0 Å². The smallest absolute Gasteiger partial charge is 0.176 e. The predicted octanol–water partition coefficient (Wildman–Crippen LogP) is 4.08. The van der Waals surface area contributed by atoms with Gasteiger partial charge in [-0.05, 0) is 31.7 Å².